The summed E-state index contributed by atoms with van der Waals surface area (Å²) in [4.78, 5) is 15.0. The van der Waals surface area contributed by atoms with Gasteiger partial charge in [-0.05, 0) is 53.1 Å². The molecule has 50 heavy (non-hydrogen) atoms. The van der Waals surface area contributed by atoms with Crippen molar-refractivity contribution < 1.29 is 8.83 Å². The minimum absolute atomic E-state index is 0.598. The number of hydrogen-bond acceptors (Lipinski definition) is 5. The number of hydrogen-bond donors (Lipinski definition) is 0. The molecule has 0 spiro atoms. The summed E-state index contributed by atoms with van der Waals surface area (Å²) in [6.45, 7) is 0. The molecule has 0 aliphatic carbocycles. The molecule has 0 aliphatic rings. The number of rotatable bonds is 5. The molecule has 0 saturated heterocycles. The summed E-state index contributed by atoms with van der Waals surface area (Å²) in [6.07, 6.45) is 0. The standard InChI is InChI=1S/C45H27N3O2/c1-3-10-28(11-4-1)29-18-20-31(21-19-29)44-46-43(30-12-5-2-6-13-30)47-45(48-44)33-23-25-41-38(27-33)37-26-32(22-24-40(37)49-41)34-15-9-16-36-35-14-7-8-17-39(35)50-42(34)36/h1-27H. The Morgan fingerprint density at radius 1 is 0.300 bits per heavy atom. The van der Waals surface area contributed by atoms with Crippen LogP contribution >= 0.6 is 0 Å². The van der Waals surface area contributed by atoms with Crippen molar-refractivity contribution in [2.45, 2.75) is 0 Å². The summed E-state index contributed by atoms with van der Waals surface area (Å²) in [7, 11) is 0. The van der Waals surface area contributed by atoms with Crippen molar-refractivity contribution in [3.63, 3.8) is 0 Å². The second kappa shape index (κ2) is 11.4. The fourth-order valence-corrected chi connectivity index (χ4v) is 6.85. The highest BCUT2D eigenvalue weighted by Gasteiger charge is 2.17. The first kappa shape index (κ1) is 28.2. The van der Waals surface area contributed by atoms with Gasteiger partial charge in [0.05, 0.1) is 0 Å². The molecular weight excluding hydrogens is 615 g/mol. The zero-order valence-corrected chi connectivity index (χ0v) is 26.7. The van der Waals surface area contributed by atoms with E-state index in [0.717, 1.165) is 77.3 Å². The maximum absolute atomic E-state index is 6.37. The van der Waals surface area contributed by atoms with E-state index in [1.54, 1.807) is 0 Å². The van der Waals surface area contributed by atoms with Crippen LogP contribution in [0.5, 0.6) is 0 Å². The Kier molecular flexibility index (Phi) is 6.42. The molecule has 0 saturated carbocycles. The second-order valence-corrected chi connectivity index (χ2v) is 12.4. The number of para-hydroxylation sites is 2. The third-order valence-corrected chi connectivity index (χ3v) is 9.36. The third kappa shape index (κ3) is 4.75. The summed E-state index contributed by atoms with van der Waals surface area (Å²) in [5.74, 6) is 1.84. The highest BCUT2D eigenvalue weighted by atomic mass is 16.3. The molecule has 5 heteroatoms. The molecule has 0 atom stereocenters. The first-order valence-electron chi connectivity index (χ1n) is 16.6. The zero-order chi connectivity index (χ0) is 33.0. The minimum Gasteiger partial charge on any atom is -0.456 e. The van der Waals surface area contributed by atoms with Gasteiger partial charge >= 0.3 is 0 Å². The van der Waals surface area contributed by atoms with E-state index >= 15 is 0 Å². The van der Waals surface area contributed by atoms with Crippen molar-refractivity contribution in [1.29, 1.82) is 0 Å². The summed E-state index contributed by atoms with van der Waals surface area (Å²) in [6, 6.07) is 55.8. The van der Waals surface area contributed by atoms with Crippen LogP contribution in [0, 0.1) is 0 Å². The van der Waals surface area contributed by atoms with E-state index in [-0.39, 0.29) is 0 Å². The van der Waals surface area contributed by atoms with Crippen molar-refractivity contribution in [3.05, 3.63) is 164 Å². The van der Waals surface area contributed by atoms with E-state index in [1.807, 2.05) is 72.8 Å². The van der Waals surface area contributed by atoms with Gasteiger partial charge in [0.2, 0.25) is 0 Å². The van der Waals surface area contributed by atoms with E-state index in [0.29, 0.717) is 17.5 Å². The first-order valence-corrected chi connectivity index (χ1v) is 16.6. The van der Waals surface area contributed by atoms with Gasteiger partial charge in [0.15, 0.2) is 17.5 Å². The van der Waals surface area contributed by atoms with Crippen molar-refractivity contribution in [1.82, 2.24) is 15.0 Å². The van der Waals surface area contributed by atoms with Crippen molar-refractivity contribution in [2.24, 2.45) is 0 Å². The Morgan fingerprint density at radius 3 is 1.50 bits per heavy atom. The number of aromatic nitrogens is 3. The Labute approximate surface area is 287 Å². The lowest BCUT2D eigenvalue weighted by Gasteiger charge is -2.09. The Bertz CT molecular complexity index is 2850. The van der Waals surface area contributed by atoms with E-state index in [4.69, 9.17) is 23.8 Å². The summed E-state index contributed by atoms with van der Waals surface area (Å²) in [5, 5.41) is 4.22. The van der Waals surface area contributed by atoms with Gasteiger partial charge in [0, 0.05) is 43.8 Å². The normalized spacial score (nSPS) is 11.6. The molecule has 0 unspecified atom stereocenters. The van der Waals surface area contributed by atoms with E-state index in [1.165, 1.54) is 5.56 Å². The summed E-state index contributed by atoms with van der Waals surface area (Å²) < 4.78 is 12.7. The minimum atomic E-state index is 0.598. The lowest BCUT2D eigenvalue weighted by Crippen LogP contribution is -2.00. The molecule has 10 rings (SSSR count). The lowest BCUT2D eigenvalue weighted by molar-refractivity contribution is 0.668. The second-order valence-electron chi connectivity index (χ2n) is 12.4. The Balaban J connectivity index is 1.10. The van der Waals surface area contributed by atoms with Crippen molar-refractivity contribution >= 4 is 43.9 Å². The van der Waals surface area contributed by atoms with E-state index < -0.39 is 0 Å². The molecule has 0 aliphatic heterocycles. The SMILES string of the molecule is c1ccc(-c2ccc(-c3nc(-c4ccccc4)nc(-c4ccc5oc6ccc(-c7cccc8c7oc7ccccc78)cc6c5c4)n3)cc2)cc1. The first-order chi connectivity index (χ1) is 24.7. The molecular formula is C45H27N3O2. The molecule has 0 radical (unpaired) electrons. The van der Waals surface area contributed by atoms with Gasteiger partial charge in [-0.15, -0.1) is 0 Å². The van der Waals surface area contributed by atoms with Crippen LogP contribution in [0.15, 0.2) is 173 Å². The van der Waals surface area contributed by atoms with Crippen molar-refractivity contribution in [2.75, 3.05) is 0 Å². The van der Waals surface area contributed by atoms with Crippen LogP contribution in [0.1, 0.15) is 0 Å². The molecule has 0 bridgehead atoms. The highest BCUT2D eigenvalue weighted by Crippen LogP contribution is 2.39. The predicted octanol–water partition coefficient (Wildman–Crippen LogP) is 12.0. The lowest BCUT2D eigenvalue weighted by atomic mass is 10.00. The monoisotopic (exact) mass is 641 g/mol. The molecule has 5 nitrogen and oxygen atoms in total. The Morgan fingerprint density at radius 2 is 0.780 bits per heavy atom. The summed E-state index contributed by atoms with van der Waals surface area (Å²) >= 11 is 0. The highest BCUT2D eigenvalue weighted by molar-refractivity contribution is 6.12. The quantitative estimate of drug-likeness (QED) is 0.187. The number of nitrogens with zero attached hydrogens (tertiary/aromatic N) is 3. The largest absolute Gasteiger partial charge is 0.456 e. The molecule has 10 aromatic rings. The molecule has 3 aromatic heterocycles. The average molecular weight is 642 g/mol. The molecule has 0 fully saturated rings. The van der Waals surface area contributed by atoms with Gasteiger partial charge < -0.3 is 8.83 Å². The fourth-order valence-electron chi connectivity index (χ4n) is 6.85. The molecule has 0 N–H and O–H groups in total. The average Bonchev–Trinajstić information content (AvgIpc) is 3.76. The zero-order valence-electron chi connectivity index (χ0n) is 26.7. The molecule has 0 amide bonds. The number of benzene rings is 7. The number of furan rings is 2. The smallest absolute Gasteiger partial charge is 0.164 e. The topological polar surface area (TPSA) is 65.0 Å². The molecule has 234 valence electrons. The van der Waals surface area contributed by atoms with Crippen LogP contribution in [0.3, 0.4) is 0 Å². The Hall–Kier alpha value is -6.85. The maximum Gasteiger partial charge on any atom is 0.164 e. The van der Waals surface area contributed by atoms with Crippen LogP contribution in [0.2, 0.25) is 0 Å². The van der Waals surface area contributed by atoms with Crippen LogP contribution < -0.4 is 0 Å². The van der Waals surface area contributed by atoms with Gasteiger partial charge in [-0.3, -0.25) is 0 Å². The maximum atomic E-state index is 6.37. The van der Waals surface area contributed by atoms with E-state index in [2.05, 4.69) is 91.0 Å². The van der Waals surface area contributed by atoms with Gasteiger partial charge in [0.1, 0.15) is 22.3 Å². The van der Waals surface area contributed by atoms with Gasteiger partial charge in [0.25, 0.3) is 0 Å². The molecule has 7 aromatic carbocycles. The predicted molar refractivity (Wildman–Crippen MR) is 202 cm³/mol. The van der Waals surface area contributed by atoms with Crippen LogP contribution in [0.4, 0.5) is 0 Å². The van der Waals surface area contributed by atoms with Crippen LogP contribution in [-0.2, 0) is 0 Å². The van der Waals surface area contributed by atoms with Crippen molar-refractivity contribution in [3.8, 4) is 56.4 Å². The van der Waals surface area contributed by atoms with Crippen LogP contribution in [0.25, 0.3) is 100 Å². The third-order valence-electron chi connectivity index (χ3n) is 9.36. The van der Waals surface area contributed by atoms with Gasteiger partial charge in [-0.2, -0.15) is 0 Å². The van der Waals surface area contributed by atoms with E-state index in [9.17, 15) is 0 Å². The number of fused-ring (bicyclic) bond motifs is 6. The van der Waals surface area contributed by atoms with Gasteiger partial charge in [-0.1, -0.05) is 127 Å². The summed E-state index contributed by atoms with van der Waals surface area (Å²) in [5.41, 5.74) is 10.5. The fraction of sp³-hybridized carbons (Fsp3) is 0. The molecule has 3 heterocycles. The van der Waals surface area contributed by atoms with Gasteiger partial charge in [-0.25, -0.2) is 15.0 Å². The van der Waals surface area contributed by atoms with Crippen LogP contribution in [-0.4, -0.2) is 15.0 Å².